The highest BCUT2D eigenvalue weighted by Gasteiger charge is 2.20. The average molecular weight is 645 g/mol. The van der Waals surface area contributed by atoms with Crippen LogP contribution < -0.4 is 5.69 Å². The van der Waals surface area contributed by atoms with Crippen molar-refractivity contribution >= 4 is 32.6 Å². The lowest BCUT2D eigenvalue weighted by Gasteiger charge is -2.18. The van der Waals surface area contributed by atoms with Crippen molar-refractivity contribution in [3.63, 3.8) is 0 Å². The molecule has 0 aliphatic carbocycles. The third kappa shape index (κ3) is 4.74. The molecule has 0 spiro atoms. The molecule has 5 nitrogen and oxygen atoms in total. The fourth-order valence-electron chi connectivity index (χ4n) is 7.39. The number of fused-ring (bicyclic) bond motifs is 3. The van der Waals surface area contributed by atoms with E-state index in [1.807, 2.05) is 62.6 Å². The smallest absolute Gasteiger partial charge is 0.295 e. The Morgan fingerprint density at radius 3 is 1.58 bits per heavy atom. The molecule has 0 saturated heterocycles. The molecule has 0 radical (unpaired) electrons. The van der Waals surface area contributed by atoms with Gasteiger partial charge in [0.1, 0.15) is 0 Å². The first kappa shape index (κ1) is 29.5. The molecule has 0 amide bonds. The molecule has 50 heavy (non-hydrogen) atoms. The molecule has 7 aromatic carbocycles. The Hall–Kier alpha value is -6.59. The maximum Gasteiger partial charge on any atom is 0.328 e. The van der Waals surface area contributed by atoms with Crippen LogP contribution in [0.5, 0.6) is 0 Å². The van der Waals surface area contributed by atoms with Gasteiger partial charge >= 0.3 is 5.69 Å². The zero-order valence-electron chi connectivity index (χ0n) is 27.7. The highest BCUT2D eigenvalue weighted by atomic mass is 16.1. The van der Waals surface area contributed by atoms with Gasteiger partial charge < -0.3 is 0 Å². The van der Waals surface area contributed by atoms with E-state index in [-0.39, 0.29) is 5.69 Å². The highest BCUT2D eigenvalue weighted by Crippen LogP contribution is 2.44. The van der Waals surface area contributed by atoms with Crippen molar-refractivity contribution in [2.24, 2.45) is 14.1 Å². The highest BCUT2D eigenvalue weighted by molar-refractivity contribution is 6.21. The SMILES string of the molecule is Cn1c(=O)n(C)c2c(-c3ccc(-c4c5ccccc5c(-c5cc(-c6ccccc6)nc(-c6ccccc6)n5)c5ccccc45)cc3)cccc21. The minimum absolute atomic E-state index is 0.0300. The van der Waals surface area contributed by atoms with Gasteiger partial charge in [-0.3, -0.25) is 9.13 Å². The molecule has 0 atom stereocenters. The topological polar surface area (TPSA) is 52.7 Å². The summed E-state index contributed by atoms with van der Waals surface area (Å²) in [5.74, 6) is 0.695. The minimum Gasteiger partial charge on any atom is -0.295 e. The predicted molar refractivity (Wildman–Crippen MR) is 206 cm³/mol. The minimum atomic E-state index is -0.0300. The van der Waals surface area contributed by atoms with Gasteiger partial charge in [0.15, 0.2) is 5.82 Å². The Bertz CT molecular complexity index is 2670. The average Bonchev–Trinajstić information content (AvgIpc) is 3.41. The predicted octanol–water partition coefficient (Wildman–Crippen LogP) is 10.3. The van der Waals surface area contributed by atoms with Crippen LogP contribution in [0.3, 0.4) is 0 Å². The van der Waals surface area contributed by atoms with E-state index in [0.29, 0.717) is 5.82 Å². The third-order valence-corrected chi connectivity index (χ3v) is 9.79. The fourth-order valence-corrected chi connectivity index (χ4v) is 7.39. The summed E-state index contributed by atoms with van der Waals surface area (Å²) in [6, 6.07) is 54.8. The Morgan fingerprint density at radius 2 is 0.960 bits per heavy atom. The van der Waals surface area contributed by atoms with Gasteiger partial charge in [0, 0.05) is 36.3 Å². The molecule has 2 heterocycles. The molecule has 0 bridgehead atoms. The second-order valence-corrected chi connectivity index (χ2v) is 12.7. The summed E-state index contributed by atoms with van der Waals surface area (Å²) < 4.78 is 3.44. The number of hydrogen-bond donors (Lipinski definition) is 0. The summed E-state index contributed by atoms with van der Waals surface area (Å²) in [4.78, 5) is 23.1. The Balaban J connectivity index is 1.27. The number of aryl methyl sites for hydroxylation is 2. The number of nitrogens with zero attached hydrogens (tertiary/aromatic N) is 4. The van der Waals surface area contributed by atoms with Crippen LogP contribution >= 0.6 is 0 Å². The molecule has 0 saturated carbocycles. The summed E-state index contributed by atoms with van der Waals surface area (Å²) in [7, 11) is 3.66. The van der Waals surface area contributed by atoms with Crippen LogP contribution in [0.25, 0.3) is 88.7 Å². The lowest BCUT2D eigenvalue weighted by Crippen LogP contribution is -2.19. The summed E-state index contributed by atoms with van der Waals surface area (Å²) in [5, 5.41) is 4.57. The zero-order valence-corrected chi connectivity index (χ0v) is 27.7. The molecular weight excluding hydrogens is 613 g/mol. The number of imidazole rings is 1. The van der Waals surface area contributed by atoms with E-state index in [4.69, 9.17) is 9.97 Å². The summed E-state index contributed by atoms with van der Waals surface area (Å²) in [6.07, 6.45) is 0. The van der Waals surface area contributed by atoms with Crippen LogP contribution in [0, 0.1) is 0 Å². The molecule has 2 aromatic heterocycles. The Labute approximate surface area is 289 Å². The van der Waals surface area contributed by atoms with Crippen molar-refractivity contribution in [1.82, 2.24) is 19.1 Å². The molecule has 0 aliphatic heterocycles. The van der Waals surface area contributed by atoms with Gasteiger partial charge in [0.2, 0.25) is 0 Å². The number of benzene rings is 7. The van der Waals surface area contributed by atoms with E-state index in [9.17, 15) is 4.79 Å². The molecule has 0 aliphatic rings. The van der Waals surface area contributed by atoms with Crippen molar-refractivity contribution in [3.05, 3.63) is 168 Å². The van der Waals surface area contributed by atoms with Crippen molar-refractivity contribution in [3.8, 4) is 56.2 Å². The van der Waals surface area contributed by atoms with Gasteiger partial charge in [-0.15, -0.1) is 0 Å². The van der Waals surface area contributed by atoms with Crippen LogP contribution in [0.4, 0.5) is 0 Å². The summed E-state index contributed by atoms with van der Waals surface area (Å²) >= 11 is 0. The summed E-state index contributed by atoms with van der Waals surface area (Å²) in [6.45, 7) is 0. The molecule has 238 valence electrons. The van der Waals surface area contributed by atoms with Gasteiger partial charge in [0.05, 0.1) is 22.4 Å². The van der Waals surface area contributed by atoms with Gasteiger partial charge in [-0.2, -0.15) is 0 Å². The van der Waals surface area contributed by atoms with Gasteiger partial charge in [0.25, 0.3) is 0 Å². The van der Waals surface area contributed by atoms with Gasteiger partial charge in [-0.1, -0.05) is 146 Å². The molecule has 0 N–H and O–H groups in total. The normalized spacial score (nSPS) is 11.5. The maximum atomic E-state index is 12.8. The van der Waals surface area contributed by atoms with E-state index in [1.165, 1.54) is 5.56 Å². The van der Waals surface area contributed by atoms with Crippen molar-refractivity contribution in [2.75, 3.05) is 0 Å². The maximum absolute atomic E-state index is 12.8. The lowest BCUT2D eigenvalue weighted by atomic mass is 9.86. The van der Waals surface area contributed by atoms with Gasteiger partial charge in [-0.25, -0.2) is 14.8 Å². The second kappa shape index (κ2) is 11.8. The summed E-state index contributed by atoms with van der Waals surface area (Å²) in [5.41, 5.74) is 11.1. The molecule has 5 heteroatoms. The largest absolute Gasteiger partial charge is 0.328 e. The first-order valence-corrected chi connectivity index (χ1v) is 16.8. The molecular formula is C45H32N4O. The van der Waals surface area contributed by atoms with Crippen LogP contribution in [0.15, 0.2) is 163 Å². The monoisotopic (exact) mass is 644 g/mol. The van der Waals surface area contributed by atoms with Crippen molar-refractivity contribution in [1.29, 1.82) is 0 Å². The number of hydrogen-bond acceptors (Lipinski definition) is 3. The first-order valence-electron chi connectivity index (χ1n) is 16.8. The number of rotatable bonds is 5. The molecule has 0 unspecified atom stereocenters. The number of para-hydroxylation sites is 1. The van der Waals surface area contributed by atoms with Crippen molar-refractivity contribution < 1.29 is 0 Å². The van der Waals surface area contributed by atoms with E-state index in [0.717, 1.165) is 77.3 Å². The third-order valence-electron chi connectivity index (χ3n) is 9.79. The van der Waals surface area contributed by atoms with Crippen molar-refractivity contribution in [2.45, 2.75) is 0 Å². The van der Waals surface area contributed by atoms with Crippen LogP contribution in [0.2, 0.25) is 0 Å². The molecule has 9 rings (SSSR count). The van der Waals surface area contributed by atoms with Crippen LogP contribution in [0.1, 0.15) is 0 Å². The quantitative estimate of drug-likeness (QED) is 0.175. The molecule has 9 aromatic rings. The van der Waals surface area contributed by atoms with Crippen LogP contribution in [-0.4, -0.2) is 19.1 Å². The van der Waals surface area contributed by atoms with E-state index < -0.39 is 0 Å². The number of aromatic nitrogens is 4. The lowest BCUT2D eigenvalue weighted by molar-refractivity contribution is 0.795. The molecule has 0 fully saturated rings. The second-order valence-electron chi connectivity index (χ2n) is 12.7. The fraction of sp³-hybridized carbons (Fsp3) is 0.0444. The van der Waals surface area contributed by atoms with E-state index in [1.54, 1.807) is 9.13 Å². The zero-order chi connectivity index (χ0) is 33.8. The van der Waals surface area contributed by atoms with Gasteiger partial charge in [-0.05, 0) is 50.4 Å². The van der Waals surface area contributed by atoms with E-state index in [2.05, 4.69) is 109 Å². The Morgan fingerprint density at radius 1 is 0.440 bits per heavy atom. The van der Waals surface area contributed by atoms with Crippen LogP contribution in [-0.2, 0) is 14.1 Å². The van der Waals surface area contributed by atoms with E-state index >= 15 is 0 Å². The Kier molecular flexibility index (Phi) is 6.99. The first-order chi connectivity index (χ1) is 24.6. The standard InChI is InChI=1S/C45H32N4O/c1-48-40-23-13-22-33(43(40)49(2)45(48)50)29-24-26-31(27-25-29)41-34-18-9-11-20-36(34)42(37-21-12-10-19-35(37)41)39-28-38(30-14-5-3-6-15-30)46-44(47-39)32-16-7-4-8-17-32/h3-28H,1-2H3.